The average molecular weight is 319 g/mol. The van der Waals surface area contributed by atoms with Gasteiger partial charge in [-0.15, -0.1) is 0 Å². The van der Waals surface area contributed by atoms with Gasteiger partial charge in [0.2, 0.25) is 0 Å². The van der Waals surface area contributed by atoms with Gasteiger partial charge in [0.05, 0.1) is 11.2 Å². The van der Waals surface area contributed by atoms with Gasteiger partial charge < -0.3 is 14.8 Å². The van der Waals surface area contributed by atoms with E-state index in [0.29, 0.717) is 4.47 Å². The zero-order valence-corrected chi connectivity index (χ0v) is 12.5. The fourth-order valence-corrected chi connectivity index (χ4v) is 1.57. The number of benzene rings is 1. The predicted octanol–water partition coefficient (Wildman–Crippen LogP) is 1.84. The first kappa shape index (κ1) is 15.6. The molecule has 0 aliphatic rings. The molecule has 3 nitrogen and oxygen atoms in total. The Labute approximate surface area is 115 Å². The van der Waals surface area contributed by atoms with Crippen molar-refractivity contribution in [1.82, 2.24) is 0 Å². The molecule has 0 heterocycles. The molecule has 0 aliphatic heterocycles. The molecule has 0 radical (unpaired) electrons. The lowest BCUT2D eigenvalue weighted by molar-refractivity contribution is -0.0983. The molecule has 1 aromatic rings. The lowest BCUT2D eigenvalue weighted by Crippen LogP contribution is -2.53. The van der Waals surface area contributed by atoms with Crippen LogP contribution >= 0.6 is 15.9 Å². The van der Waals surface area contributed by atoms with E-state index in [4.69, 9.17) is 4.65 Å². The molecule has 0 atom stereocenters. The summed E-state index contributed by atoms with van der Waals surface area (Å²) in [5.74, 6) is -0.558. The summed E-state index contributed by atoms with van der Waals surface area (Å²) < 4.78 is 19.6. The van der Waals surface area contributed by atoms with Crippen LogP contribution in [0.3, 0.4) is 0 Å². The van der Waals surface area contributed by atoms with Gasteiger partial charge in [0.1, 0.15) is 5.82 Å². The highest BCUT2D eigenvalue weighted by Crippen LogP contribution is 2.25. The molecule has 0 fully saturated rings. The van der Waals surface area contributed by atoms with Crippen molar-refractivity contribution in [3.05, 3.63) is 28.5 Å². The second kappa shape index (κ2) is 5.29. The Hall–Kier alpha value is -0.425. The summed E-state index contributed by atoms with van der Waals surface area (Å²) in [6.07, 6.45) is 0. The van der Waals surface area contributed by atoms with E-state index >= 15 is 0 Å². The summed E-state index contributed by atoms with van der Waals surface area (Å²) in [4.78, 5) is 0. The van der Waals surface area contributed by atoms with E-state index in [-0.39, 0.29) is 5.46 Å². The van der Waals surface area contributed by atoms with E-state index in [1.807, 2.05) is 0 Å². The molecule has 0 aliphatic carbocycles. The van der Waals surface area contributed by atoms with Crippen molar-refractivity contribution in [3.8, 4) is 0 Å². The topological polar surface area (TPSA) is 49.7 Å². The van der Waals surface area contributed by atoms with Crippen molar-refractivity contribution in [1.29, 1.82) is 0 Å². The maximum Gasteiger partial charge on any atom is 0.494 e. The van der Waals surface area contributed by atoms with Gasteiger partial charge in [-0.25, -0.2) is 4.39 Å². The minimum atomic E-state index is -1.44. The third-order valence-corrected chi connectivity index (χ3v) is 3.60. The quantitative estimate of drug-likeness (QED) is 0.833. The monoisotopic (exact) mass is 318 g/mol. The molecule has 0 saturated carbocycles. The van der Waals surface area contributed by atoms with E-state index in [0.717, 1.165) is 0 Å². The molecule has 1 aromatic carbocycles. The van der Waals surface area contributed by atoms with Gasteiger partial charge in [-0.05, 0) is 45.9 Å². The average Bonchev–Trinajstić information content (AvgIpc) is 2.19. The van der Waals surface area contributed by atoms with Crippen LogP contribution in [0.5, 0.6) is 0 Å². The molecule has 0 amide bonds. The molecule has 0 unspecified atom stereocenters. The van der Waals surface area contributed by atoms with Crippen molar-refractivity contribution in [3.63, 3.8) is 0 Å². The highest BCUT2D eigenvalue weighted by atomic mass is 79.9. The Morgan fingerprint density at radius 2 is 1.83 bits per heavy atom. The van der Waals surface area contributed by atoms with Gasteiger partial charge in [-0.2, -0.15) is 0 Å². The van der Waals surface area contributed by atoms with Gasteiger partial charge in [0.15, 0.2) is 0 Å². The molecule has 0 aromatic heterocycles. The Morgan fingerprint density at radius 1 is 1.28 bits per heavy atom. The SMILES string of the molecule is CC(C)(O)C(C)(C)OB(O)c1cc(Br)ccc1F. The standard InChI is InChI=1S/C12H17BBrFO3/c1-11(2,16)12(3,4)18-13(17)9-7-8(14)5-6-10(9)15/h5-7,16-17H,1-4H3. The Kier molecular flexibility index (Phi) is 4.59. The van der Waals surface area contributed by atoms with Crippen molar-refractivity contribution in [2.75, 3.05) is 0 Å². The highest BCUT2D eigenvalue weighted by Gasteiger charge is 2.40. The fourth-order valence-electron chi connectivity index (χ4n) is 1.19. The Bertz CT molecular complexity index is 432. The third kappa shape index (κ3) is 3.54. The molecular weight excluding hydrogens is 302 g/mol. The molecule has 100 valence electrons. The van der Waals surface area contributed by atoms with Crippen molar-refractivity contribution in [2.24, 2.45) is 0 Å². The maximum absolute atomic E-state index is 13.6. The molecule has 0 saturated heterocycles. The zero-order chi connectivity index (χ0) is 14.1. The first-order chi connectivity index (χ1) is 8.04. The van der Waals surface area contributed by atoms with Gasteiger partial charge in [0.25, 0.3) is 0 Å². The summed E-state index contributed by atoms with van der Waals surface area (Å²) in [7, 11) is -1.44. The summed E-state index contributed by atoms with van der Waals surface area (Å²) in [5.41, 5.74) is -2.17. The molecule has 6 heteroatoms. The largest absolute Gasteiger partial charge is 0.494 e. The van der Waals surface area contributed by atoms with Crippen LogP contribution in [0.25, 0.3) is 0 Å². The van der Waals surface area contributed by atoms with Gasteiger partial charge in [0, 0.05) is 9.94 Å². The van der Waals surface area contributed by atoms with Crippen LogP contribution in [-0.4, -0.2) is 28.5 Å². The van der Waals surface area contributed by atoms with Crippen molar-refractivity contribution >= 4 is 28.5 Å². The molecule has 2 N–H and O–H groups in total. The normalized spacial score (nSPS) is 12.7. The smallest absolute Gasteiger partial charge is 0.423 e. The van der Waals surface area contributed by atoms with Crippen LogP contribution < -0.4 is 5.46 Å². The van der Waals surface area contributed by atoms with Crippen LogP contribution in [0, 0.1) is 5.82 Å². The van der Waals surface area contributed by atoms with Crippen molar-refractivity contribution in [2.45, 2.75) is 38.9 Å². The second-order valence-electron chi connectivity index (χ2n) is 5.21. The van der Waals surface area contributed by atoms with E-state index in [2.05, 4.69) is 15.9 Å². The third-order valence-electron chi connectivity index (χ3n) is 3.10. The summed E-state index contributed by atoms with van der Waals surface area (Å²) >= 11 is 3.20. The van der Waals surface area contributed by atoms with Crippen LogP contribution in [0.1, 0.15) is 27.7 Å². The van der Waals surface area contributed by atoms with E-state index in [1.165, 1.54) is 18.2 Å². The second-order valence-corrected chi connectivity index (χ2v) is 6.12. The first-order valence-electron chi connectivity index (χ1n) is 5.58. The summed E-state index contributed by atoms with van der Waals surface area (Å²) in [5, 5.41) is 19.9. The zero-order valence-electron chi connectivity index (χ0n) is 10.9. The number of halogens is 2. The van der Waals surface area contributed by atoms with Crippen LogP contribution in [0.4, 0.5) is 4.39 Å². The molecular formula is C12H17BBrFO3. The summed E-state index contributed by atoms with van der Waals surface area (Å²) in [6.45, 7) is 6.40. The van der Waals surface area contributed by atoms with Gasteiger partial charge in [-0.3, -0.25) is 0 Å². The molecule has 18 heavy (non-hydrogen) atoms. The fraction of sp³-hybridized carbons (Fsp3) is 0.500. The number of hydrogen-bond donors (Lipinski definition) is 2. The Morgan fingerprint density at radius 3 is 2.33 bits per heavy atom. The lowest BCUT2D eigenvalue weighted by Gasteiger charge is -2.38. The number of rotatable bonds is 4. The van der Waals surface area contributed by atoms with Crippen molar-refractivity contribution < 1.29 is 19.2 Å². The summed E-state index contributed by atoms with van der Waals surface area (Å²) in [6, 6.07) is 4.22. The molecule has 1 rings (SSSR count). The van der Waals surface area contributed by atoms with Gasteiger partial charge in [-0.1, -0.05) is 15.9 Å². The Balaban J connectivity index is 2.95. The van der Waals surface area contributed by atoms with Crippen LogP contribution in [0.15, 0.2) is 22.7 Å². The molecule has 0 spiro atoms. The van der Waals surface area contributed by atoms with Gasteiger partial charge >= 0.3 is 7.12 Å². The van der Waals surface area contributed by atoms with E-state index < -0.39 is 24.1 Å². The highest BCUT2D eigenvalue weighted by molar-refractivity contribution is 9.10. The lowest BCUT2D eigenvalue weighted by atomic mass is 9.76. The number of hydrogen-bond acceptors (Lipinski definition) is 3. The van der Waals surface area contributed by atoms with E-state index in [1.54, 1.807) is 27.7 Å². The van der Waals surface area contributed by atoms with Crippen LogP contribution in [0.2, 0.25) is 0 Å². The maximum atomic E-state index is 13.6. The van der Waals surface area contributed by atoms with E-state index in [9.17, 15) is 14.5 Å². The molecule has 0 bridgehead atoms. The minimum absolute atomic E-state index is 0.0294. The minimum Gasteiger partial charge on any atom is -0.423 e. The predicted molar refractivity (Wildman–Crippen MR) is 73.2 cm³/mol. The van der Waals surface area contributed by atoms with Crippen LogP contribution in [-0.2, 0) is 4.65 Å². The number of aliphatic hydroxyl groups is 1. The first-order valence-corrected chi connectivity index (χ1v) is 6.37.